The quantitative estimate of drug-likeness (QED) is 0.856. The van der Waals surface area contributed by atoms with Gasteiger partial charge in [0.05, 0.1) is 6.61 Å². The molecule has 0 aromatic heterocycles. The van der Waals surface area contributed by atoms with Crippen LogP contribution in [0.1, 0.15) is 23.1 Å². The van der Waals surface area contributed by atoms with E-state index in [-0.39, 0.29) is 11.5 Å². The van der Waals surface area contributed by atoms with Crippen LogP contribution < -0.4 is 10.5 Å². The number of nitrogens with two attached hydrogens (primary N) is 1. The van der Waals surface area contributed by atoms with Crippen LogP contribution in [0.25, 0.3) is 0 Å². The number of ether oxygens (including phenoxy) is 1. The van der Waals surface area contributed by atoms with Crippen LogP contribution in [-0.4, -0.2) is 6.61 Å². The minimum atomic E-state index is -1.50. The van der Waals surface area contributed by atoms with Crippen LogP contribution in [0.5, 0.6) is 5.75 Å². The van der Waals surface area contributed by atoms with Crippen LogP contribution >= 0.6 is 0 Å². The second-order valence-corrected chi connectivity index (χ2v) is 4.75. The molecule has 1 heterocycles. The number of fused-ring (bicyclic) bond motifs is 1. The minimum absolute atomic E-state index is 0.0470. The van der Waals surface area contributed by atoms with E-state index in [1.54, 1.807) is 6.07 Å². The largest absolute Gasteiger partial charge is 0.493 e. The number of rotatable bonds is 2. The summed E-state index contributed by atoms with van der Waals surface area (Å²) in [4.78, 5) is 0. The summed E-state index contributed by atoms with van der Waals surface area (Å²) in [6.45, 7) is 0.291. The first-order valence-electron chi connectivity index (χ1n) is 6.20. The van der Waals surface area contributed by atoms with Crippen LogP contribution in [0.2, 0.25) is 0 Å². The Balaban J connectivity index is 1.99. The lowest BCUT2D eigenvalue weighted by molar-refractivity contribution is 0.312. The number of para-hydroxylation sites is 1. The zero-order valence-corrected chi connectivity index (χ0v) is 10.4. The molecule has 3 rings (SSSR count). The lowest BCUT2D eigenvalue weighted by Crippen LogP contribution is -2.22. The fraction of sp³-hybridized carbons (Fsp3) is 0.200. The number of benzene rings is 2. The van der Waals surface area contributed by atoms with Gasteiger partial charge in [-0.2, -0.15) is 0 Å². The Labute approximate surface area is 114 Å². The smallest absolute Gasteiger partial charge is 0.194 e. The fourth-order valence-electron chi connectivity index (χ4n) is 2.50. The number of halogens is 3. The van der Waals surface area contributed by atoms with Crippen molar-refractivity contribution in [2.75, 3.05) is 6.61 Å². The van der Waals surface area contributed by atoms with Crippen molar-refractivity contribution in [3.63, 3.8) is 0 Å². The molecule has 0 saturated carbocycles. The third-order valence-electron chi connectivity index (χ3n) is 3.59. The van der Waals surface area contributed by atoms with Crippen molar-refractivity contribution in [2.45, 2.75) is 12.0 Å². The molecule has 5 heteroatoms. The number of hydrogen-bond acceptors (Lipinski definition) is 2. The molecule has 2 unspecified atom stereocenters. The summed E-state index contributed by atoms with van der Waals surface area (Å²) >= 11 is 0. The summed E-state index contributed by atoms with van der Waals surface area (Å²) < 4.78 is 45.5. The van der Waals surface area contributed by atoms with Gasteiger partial charge in [0.15, 0.2) is 17.5 Å². The van der Waals surface area contributed by atoms with Gasteiger partial charge >= 0.3 is 0 Å². The van der Waals surface area contributed by atoms with Crippen molar-refractivity contribution in [2.24, 2.45) is 5.73 Å². The summed E-state index contributed by atoms with van der Waals surface area (Å²) in [7, 11) is 0. The molecule has 0 aliphatic carbocycles. The van der Waals surface area contributed by atoms with E-state index < -0.39 is 23.5 Å². The molecular formula is C15H12F3NO. The van der Waals surface area contributed by atoms with E-state index in [0.29, 0.717) is 12.4 Å². The molecule has 0 bridgehead atoms. The van der Waals surface area contributed by atoms with E-state index in [4.69, 9.17) is 10.5 Å². The van der Waals surface area contributed by atoms with Crippen LogP contribution in [0.3, 0.4) is 0 Å². The third kappa shape index (κ3) is 1.94. The van der Waals surface area contributed by atoms with E-state index in [1.807, 2.05) is 18.2 Å². The van der Waals surface area contributed by atoms with Crippen LogP contribution in [0.4, 0.5) is 13.2 Å². The van der Waals surface area contributed by atoms with Gasteiger partial charge in [0, 0.05) is 23.1 Å². The molecule has 0 radical (unpaired) electrons. The molecule has 0 saturated heterocycles. The lowest BCUT2D eigenvalue weighted by atomic mass is 9.89. The Hall–Kier alpha value is -2.01. The molecule has 0 fully saturated rings. The maximum absolute atomic E-state index is 13.8. The van der Waals surface area contributed by atoms with Crippen molar-refractivity contribution in [3.05, 3.63) is 65.0 Å². The van der Waals surface area contributed by atoms with Crippen molar-refractivity contribution >= 4 is 0 Å². The summed E-state index contributed by atoms with van der Waals surface area (Å²) in [5.74, 6) is -3.55. The molecule has 0 spiro atoms. The molecule has 2 nitrogen and oxygen atoms in total. The maximum Gasteiger partial charge on any atom is 0.194 e. The second kappa shape index (κ2) is 4.83. The van der Waals surface area contributed by atoms with Crippen molar-refractivity contribution < 1.29 is 17.9 Å². The summed E-state index contributed by atoms with van der Waals surface area (Å²) in [6, 6.07) is 8.55. The zero-order chi connectivity index (χ0) is 14.3. The fourth-order valence-corrected chi connectivity index (χ4v) is 2.50. The molecule has 2 aromatic carbocycles. The Morgan fingerprint density at radius 2 is 1.80 bits per heavy atom. The van der Waals surface area contributed by atoms with Gasteiger partial charge in [-0.3, -0.25) is 0 Å². The van der Waals surface area contributed by atoms with Gasteiger partial charge in [-0.1, -0.05) is 24.3 Å². The maximum atomic E-state index is 13.8. The van der Waals surface area contributed by atoms with Crippen LogP contribution in [-0.2, 0) is 0 Å². The highest BCUT2D eigenvalue weighted by atomic mass is 19.2. The van der Waals surface area contributed by atoms with E-state index in [2.05, 4.69) is 0 Å². The third-order valence-corrected chi connectivity index (χ3v) is 3.59. The molecule has 2 aromatic rings. The van der Waals surface area contributed by atoms with Gasteiger partial charge in [0.25, 0.3) is 0 Å². The highest BCUT2D eigenvalue weighted by molar-refractivity contribution is 5.42. The molecule has 20 heavy (non-hydrogen) atoms. The normalized spacial score (nSPS) is 18.5. The highest BCUT2D eigenvalue weighted by Crippen LogP contribution is 2.40. The van der Waals surface area contributed by atoms with Crippen LogP contribution in [0.15, 0.2) is 36.4 Å². The molecule has 0 amide bonds. The monoisotopic (exact) mass is 279 g/mol. The first kappa shape index (κ1) is 13.0. The van der Waals surface area contributed by atoms with Gasteiger partial charge in [0.2, 0.25) is 0 Å². The Morgan fingerprint density at radius 3 is 2.60 bits per heavy atom. The predicted molar refractivity (Wildman–Crippen MR) is 67.9 cm³/mol. The van der Waals surface area contributed by atoms with Gasteiger partial charge in [0.1, 0.15) is 5.75 Å². The van der Waals surface area contributed by atoms with Crippen molar-refractivity contribution in [3.8, 4) is 5.75 Å². The standard InChI is InChI=1S/C15H12F3NO/c16-11-6-5-9(13(17)14(11)18)15(19)10-7-20-12-4-2-1-3-8(10)12/h1-6,10,15H,7,19H2. The van der Waals surface area contributed by atoms with Gasteiger partial charge in [-0.25, -0.2) is 13.2 Å². The minimum Gasteiger partial charge on any atom is -0.493 e. The first-order chi connectivity index (χ1) is 9.59. The zero-order valence-electron chi connectivity index (χ0n) is 10.4. The van der Waals surface area contributed by atoms with Crippen LogP contribution in [0, 0.1) is 17.5 Å². The average Bonchev–Trinajstić information content (AvgIpc) is 2.88. The van der Waals surface area contributed by atoms with E-state index in [0.717, 1.165) is 11.6 Å². The molecule has 104 valence electrons. The number of hydrogen-bond donors (Lipinski definition) is 1. The molecule has 1 aliphatic heterocycles. The SMILES string of the molecule is NC(c1ccc(F)c(F)c1F)C1COc2ccccc21. The predicted octanol–water partition coefficient (Wildman–Crippen LogP) is 3.28. The molecule has 2 atom stereocenters. The first-order valence-corrected chi connectivity index (χ1v) is 6.20. The Bertz CT molecular complexity index is 660. The summed E-state index contributed by atoms with van der Waals surface area (Å²) in [6.07, 6.45) is 0. The highest BCUT2D eigenvalue weighted by Gasteiger charge is 2.32. The molecular weight excluding hydrogens is 267 g/mol. The Morgan fingerprint density at radius 1 is 1.05 bits per heavy atom. The average molecular weight is 279 g/mol. The lowest BCUT2D eigenvalue weighted by Gasteiger charge is -2.19. The van der Waals surface area contributed by atoms with E-state index in [1.165, 1.54) is 6.07 Å². The van der Waals surface area contributed by atoms with Gasteiger partial charge < -0.3 is 10.5 Å². The topological polar surface area (TPSA) is 35.2 Å². The second-order valence-electron chi connectivity index (χ2n) is 4.75. The van der Waals surface area contributed by atoms with Crippen molar-refractivity contribution in [1.82, 2.24) is 0 Å². The van der Waals surface area contributed by atoms with E-state index >= 15 is 0 Å². The van der Waals surface area contributed by atoms with Gasteiger partial charge in [-0.05, 0) is 12.1 Å². The molecule has 1 aliphatic rings. The van der Waals surface area contributed by atoms with Crippen molar-refractivity contribution in [1.29, 1.82) is 0 Å². The summed E-state index contributed by atoms with van der Waals surface area (Å²) in [5.41, 5.74) is 6.83. The van der Waals surface area contributed by atoms with Gasteiger partial charge in [-0.15, -0.1) is 0 Å². The summed E-state index contributed by atoms with van der Waals surface area (Å²) in [5, 5.41) is 0. The Kier molecular flexibility index (Phi) is 3.14. The van der Waals surface area contributed by atoms with E-state index in [9.17, 15) is 13.2 Å². The molecule has 2 N–H and O–H groups in total.